The third kappa shape index (κ3) is 8.07. The van der Waals surface area contributed by atoms with E-state index in [1.807, 2.05) is 0 Å². The van der Waals surface area contributed by atoms with Crippen LogP contribution in [0.25, 0.3) is 0 Å². The van der Waals surface area contributed by atoms with Gasteiger partial charge in [0.05, 0.1) is 0 Å². The molecule has 0 rings (SSSR count). The van der Waals surface area contributed by atoms with Crippen LogP contribution in [0.5, 0.6) is 0 Å². The van der Waals surface area contributed by atoms with Crippen LogP contribution in [-0.2, 0) is 11.3 Å². The van der Waals surface area contributed by atoms with Gasteiger partial charge in [-0.1, -0.05) is 26.2 Å². The lowest BCUT2D eigenvalue weighted by molar-refractivity contribution is 0.543. The van der Waals surface area contributed by atoms with Gasteiger partial charge in [0, 0.05) is 6.54 Å². The molecule has 1 unspecified atom stereocenters. The first-order valence-corrected chi connectivity index (χ1v) is 4.72. The number of unbranched alkanes of at least 4 members (excludes halogenated alkanes) is 3. The summed E-state index contributed by atoms with van der Waals surface area (Å²) in [6, 6.07) is 0. The highest BCUT2D eigenvalue weighted by Crippen LogP contribution is 1.96. The average Bonchev–Trinajstić information content (AvgIpc) is 1.87. The molecule has 0 aliphatic carbocycles. The Bertz CT molecular complexity index is 97.7. The fourth-order valence-electron chi connectivity index (χ4n) is 0.711. The first-order chi connectivity index (χ1) is 4.77. The van der Waals surface area contributed by atoms with E-state index in [0.717, 1.165) is 12.8 Å². The zero-order chi connectivity index (χ0) is 7.82. The van der Waals surface area contributed by atoms with E-state index in [-0.39, 0.29) is 0 Å². The van der Waals surface area contributed by atoms with Crippen LogP contribution in [-0.4, -0.2) is 15.3 Å². The van der Waals surface area contributed by atoms with E-state index in [9.17, 15) is 4.21 Å². The van der Waals surface area contributed by atoms with Gasteiger partial charge in [-0.15, -0.1) is 0 Å². The van der Waals surface area contributed by atoms with Gasteiger partial charge < -0.3 is 0 Å². The van der Waals surface area contributed by atoms with Crippen molar-refractivity contribution >= 4 is 11.3 Å². The summed E-state index contributed by atoms with van der Waals surface area (Å²) in [6.07, 6.45) is 4.53. The fourth-order valence-corrected chi connectivity index (χ4v) is 1.03. The Balaban J connectivity index is 2.84. The molecule has 10 heavy (non-hydrogen) atoms. The first-order valence-electron chi connectivity index (χ1n) is 3.61. The lowest BCUT2D eigenvalue weighted by Gasteiger charge is -1.97. The molecule has 0 bridgehead atoms. The maximum Gasteiger partial charge on any atom is 0.231 e. The Morgan fingerprint density at radius 2 is 2.10 bits per heavy atom. The Hall–Kier alpha value is 0.0700. The minimum Gasteiger partial charge on any atom is -0.294 e. The van der Waals surface area contributed by atoms with Crippen LogP contribution < -0.4 is 4.72 Å². The van der Waals surface area contributed by atoms with Crippen molar-refractivity contribution < 1.29 is 8.76 Å². The standard InChI is InChI=1S/C6H15NO2S/c1-2-3-4-5-6-7-10(8)9/h7H,2-6H2,1H3,(H,8,9). The van der Waals surface area contributed by atoms with Gasteiger partial charge in [-0.05, 0) is 6.42 Å². The van der Waals surface area contributed by atoms with Gasteiger partial charge >= 0.3 is 0 Å². The van der Waals surface area contributed by atoms with Crippen LogP contribution in [0.4, 0.5) is 0 Å². The molecule has 0 aliphatic heterocycles. The fraction of sp³-hybridized carbons (Fsp3) is 1.00. The molecule has 0 radical (unpaired) electrons. The summed E-state index contributed by atoms with van der Waals surface area (Å²) in [5.41, 5.74) is 0. The Morgan fingerprint density at radius 3 is 2.60 bits per heavy atom. The molecule has 0 amide bonds. The Morgan fingerprint density at radius 1 is 1.40 bits per heavy atom. The second-order valence-corrected chi connectivity index (χ2v) is 2.99. The van der Waals surface area contributed by atoms with Crippen molar-refractivity contribution in [1.82, 2.24) is 4.72 Å². The summed E-state index contributed by atoms with van der Waals surface area (Å²) in [4.78, 5) is 0. The van der Waals surface area contributed by atoms with Gasteiger partial charge in [-0.2, -0.15) is 0 Å². The van der Waals surface area contributed by atoms with E-state index in [0.29, 0.717) is 6.54 Å². The van der Waals surface area contributed by atoms with Crippen LogP contribution in [0, 0.1) is 0 Å². The van der Waals surface area contributed by atoms with Crippen LogP contribution >= 0.6 is 0 Å². The number of hydrogen-bond donors (Lipinski definition) is 2. The second-order valence-electron chi connectivity index (χ2n) is 2.20. The van der Waals surface area contributed by atoms with Crippen molar-refractivity contribution in [1.29, 1.82) is 0 Å². The van der Waals surface area contributed by atoms with Crippen molar-refractivity contribution in [3.8, 4) is 0 Å². The topological polar surface area (TPSA) is 49.3 Å². The molecular weight excluding hydrogens is 150 g/mol. The summed E-state index contributed by atoms with van der Waals surface area (Å²) >= 11 is -1.82. The molecular formula is C6H15NO2S. The molecule has 0 spiro atoms. The van der Waals surface area contributed by atoms with E-state index >= 15 is 0 Å². The van der Waals surface area contributed by atoms with Crippen molar-refractivity contribution in [2.75, 3.05) is 6.54 Å². The van der Waals surface area contributed by atoms with Crippen molar-refractivity contribution in [3.05, 3.63) is 0 Å². The van der Waals surface area contributed by atoms with E-state index in [4.69, 9.17) is 4.55 Å². The van der Waals surface area contributed by atoms with Crippen molar-refractivity contribution in [2.45, 2.75) is 32.6 Å². The number of nitrogens with one attached hydrogen (secondary N) is 1. The van der Waals surface area contributed by atoms with Gasteiger partial charge in [-0.25, -0.2) is 8.93 Å². The summed E-state index contributed by atoms with van der Waals surface area (Å²) in [7, 11) is 0. The van der Waals surface area contributed by atoms with Crippen LogP contribution in [0.1, 0.15) is 32.6 Å². The molecule has 0 saturated heterocycles. The molecule has 4 heteroatoms. The third-order valence-electron chi connectivity index (χ3n) is 1.26. The highest BCUT2D eigenvalue weighted by Gasteiger charge is 1.90. The highest BCUT2D eigenvalue weighted by molar-refractivity contribution is 7.77. The normalized spacial score (nSPS) is 13.4. The molecule has 62 valence electrons. The average molecular weight is 165 g/mol. The Kier molecular flexibility index (Phi) is 7.23. The van der Waals surface area contributed by atoms with Gasteiger partial charge in [0.1, 0.15) is 0 Å². The minimum atomic E-state index is -1.82. The molecule has 0 aromatic carbocycles. The quantitative estimate of drug-likeness (QED) is 0.460. The largest absolute Gasteiger partial charge is 0.294 e. The smallest absolute Gasteiger partial charge is 0.231 e. The molecule has 0 aromatic heterocycles. The van der Waals surface area contributed by atoms with E-state index in [1.165, 1.54) is 12.8 Å². The summed E-state index contributed by atoms with van der Waals surface area (Å²) in [6.45, 7) is 2.78. The van der Waals surface area contributed by atoms with Gasteiger partial charge in [0.2, 0.25) is 11.3 Å². The van der Waals surface area contributed by atoms with E-state index in [1.54, 1.807) is 0 Å². The predicted molar refractivity (Wildman–Crippen MR) is 42.9 cm³/mol. The highest BCUT2D eigenvalue weighted by atomic mass is 32.2. The van der Waals surface area contributed by atoms with Gasteiger partial charge in [0.15, 0.2) is 0 Å². The molecule has 0 saturated carbocycles. The summed E-state index contributed by atoms with van der Waals surface area (Å²) in [5, 5.41) is 0. The molecule has 1 atom stereocenters. The predicted octanol–water partition coefficient (Wildman–Crippen LogP) is 1.29. The molecule has 0 heterocycles. The zero-order valence-electron chi connectivity index (χ0n) is 6.30. The van der Waals surface area contributed by atoms with E-state index < -0.39 is 11.3 Å². The second kappa shape index (κ2) is 7.18. The molecule has 0 fully saturated rings. The SMILES string of the molecule is CCCCCCNS(=O)O. The molecule has 0 aromatic rings. The van der Waals surface area contributed by atoms with Crippen LogP contribution in [0.3, 0.4) is 0 Å². The van der Waals surface area contributed by atoms with Crippen LogP contribution in [0.2, 0.25) is 0 Å². The van der Waals surface area contributed by atoms with Crippen molar-refractivity contribution in [3.63, 3.8) is 0 Å². The maximum atomic E-state index is 10.0. The van der Waals surface area contributed by atoms with E-state index in [2.05, 4.69) is 11.6 Å². The zero-order valence-corrected chi connectivity index (χ0v) is 7.12. The Labute approximate surface area is 64.6 Å². The molecule has 3 nitrogen and oxygen atoms in total. The lowest BCUT2D eigenvalue weighted by atomic mass is 10.2. The third-order valence-corrected chi connectivity index (χ3v) is 1.71. The van der Waals surface area contributed by atoms with Gasteiger partial charge in [-0.3, -0.25) is 4.55 Å². The van der Waals surface area contributed by atoms with Gasteiger partial charge in [0.25, 0.3) is 0 Å². The molecule has 2 N–H and O–H groups in total. The van der Waals surface area contributed by atoms with Crippen molar-refractivity contribution in [2.24, 2.45) is 0 Å². The minimum absolute atomic E-state index is 0.642. The monoisotopic (exact) mass is 165 g/mol. The summed E-state index contributed by atoms with van der Waals surface area (Å²) in [5.74, 6) is 0. The number of rotatable bonds is 6. The first kappa shape index (κ1) is 10.1. The summed E-state index contributed by atoms with van der Waals surface area (Å²) < 4.78 is 20.7. The number of hydrogen-bond acceptors (Lipinski definition) is 1. The maximum absolute atomic E-state index is 10.0. The van der Waals surface area contributed by atoms with Crippen LogP contribution in [0.15, 0.2) is 0 Å². The lowest BCUT2D eigenvalue weighted by Crippen LogP contribution is -2.17. The molecule has 0 aliphatic rings.